The van der Waals surface area contributed by atoms with Crippen molar-refractivity contribution >= 4 is 33.7 Å². The summed E-state index contributed by atoms with van der Waals surface area (Å²) in [6.45, 7) is 2.39. The van der Waals surface area contributed by atoms with Gasteiger partial charge in [0.05, 0.1) is 0 Å². The zero-order valence-electron chi connectivity index (χ0n) is 13.7. The fourth-order valence-corrected chi connectivity index (χ4v) is 4.63. The van der Waals surface area contributed by atoms with Crippen LogP contribution in [0.5, 0.6) is 0 Å². The van der Waals surface area contributed by atoms with Crippen molar-refractivity contribution in [2.24, 2.45) is 0 Å². The minimum Gasteiger partial charge on any atom is -0.0851 e. The zero-order chi connectivity index (χ0) is 16.6. The SMILES string of the molecule is CC1(CI)C(c2ccccc2)=C(c2ccccc2)c2ccccc21. The van der Waals surface area contributed by atoms with Crippen molar-refractivity contribution in [3.05, 3.63) is 107 Å². The minimum atomic E-state index is 0.0314. The van der Waals surface area contributed by atoms with Gasteiger partial charge in [0.1, 0.15) is 0 Å². The van der Waals surface area contributed by atoms with E-state index in [9.17, 15) is 0 Å². The molecule has 0 aliphatic heterocycles. The highest BCUT2D eigenvalue weighted by atomic mass is 127. The number of allylic oxidation sites excluding steroid dienone is 1. The molecule has 0 radical (unpaired) electrons. The largest absolute Gasteiger partial charge is 0.0851 e. The normalized spacial score (nSPS) is 19.4. The summed E-state index contributed by atoms with van der Waals surface area (Å²) in [4.78, 5) is 0. The van der Waals surface area contributed by atoms with E-state index in [1.54, 1.807) is 0 Å². The second kappa shape index (κ2) is 6.21. The van der Waals surface area contributed by atoms with Gasteiger partial charge in [-0.1, -0.05) is 114 Å². The molecule has 0 heterocycles. The number of rotatable bonds is 3. The third kappa shape index (κ3) is 2.34. The molecule has 0 spiro atoms. The van der Waals surface area contributed by atoms with Gasteiger partial charge in [-0.3, -0.25) is 0 Å². The number of hydrogen-bond donors (Lipinski definition) is 0. The van der Waals surface area contributed by atoms with Gasteiger partial charge >= 0.3 is 0 Å². The van der Waals surface area contributed by atoms with Crippen molar-refractivity contribution in [1.29, 1.82) is 0 Å². The van der Waals surface area contributed by atoms with Crippen LogP contribution in [0.15, 0.2) is 84.9 Å². The first-order valence-corrected chi connectivity index (χ1v) is 9.80. The molecule has 0 bridgehead atoms. The van der Waals surface area contributed by atoms with E-state index in [4.69, 9.17) is 0 Å². The Morgan fingerprint density at radius 3 is 1.88 bits per heavy atom. The van der Waals surface area contributed by atoms with Gasteiger partial charge in [-0.15, -0.1) is 0 Å². The maximum atomic E-state index is 2.54. The lowest BCUT2D eigenvalue weighted by molar-refractivity contribution is 0.729. The van der Waals surface area contributed by atoms with Gasteiger partial charge < -0.3 is 0 Å². The molecular weight excluding hydrogens is 403 g/mol. The molecule has 0 nitrogen and oxygen atoms in total. The highest BCUT2D eigenvalue weighted by molar-refractivity contribution is 14.1. The molecule has 3 aromatic rings. The average Bonchev–Trinajstić information content (AvgIpc) is 2.93. The molecule has 0 fully saturated rings. The third-order valence-electron chi connectivity index (χ3n) is 4.98. The predicted octanol–water partition coefficient (Wildman–Crippen LogP) is 6.35. The third-order valence-corrected chi connectivity index (χ3v) is 6.51. The number of alkyl halides is 1. The topological polar surface area (TPSA) is 0 Å². The van der Waals surface area contributed by atoms with Crippen molar-refractivity contribution in [3.63, 3.8) is 0 Å². The molecule has 1 atom stereocenters. The molecule has 1 unspecified atom stereocenters. The van der Waals surface area contributed by atoms with Crippen LogP contribution in [0.2, 0.25) is 0 Å². The molecule has 1 aliphatic rings. The molecule has 1 heteroatoms. The van der Waals surface area contributed by atoms with Crippen LogP contribution in [-0.4, -0.2) is 4.43 Å². The predicted molar refractivity (Wildman–Crippen MR) is 111 cm³/mol. The molecule has 24 heavy (non-hydrogen) atoms. The summed E-state index contributed by atoms with van der Waals surface area (Å²) in [5.74, 6) is 0. The van der Waals surface area contributed by atoms with Gasteiger partial charge in [0.25, 0.3) is 0 Å². The first kappa shape index (κ1) is 15.6. The van der Waals surface area contributed by atoms with Gasteiger partial charge in [0.15, 0.2) is 0 Å². The Kier molecular flexibility index (Phi) is 4.05. The average molecular weight is 422 g/mol. The van der Waals surface area contributed by atoms with Gasteiger partial charge in [-0.25, -0.2) is 0 Å². The molecule has 0 saturated heterocycles. The minimum absolute atomic E-state index is 0.0314. The van der Waals surface area contributed by atoms with Crippen molar-refractivity contribution < 1.29 is 0 Å². The van der Waals surface area contributed by atoms with E-state index in [0.717, 1.165) is 4.43 Å². The van der Waals surface area contributed by atoms with Crippen molar-refractivity contribution in [1.82, 2.24) is 0 Å². The van der Waals surface area contributed by atoms with Crippen LogP contribution in [0.3, 0.4) is 0 Å². The van der Waals surface area contributed by atoms with Crippen LogP contribution in [0.1, 0.15) is 29.2 Å². The summed E-state index contributed by atoms with van der Waals surface area (Å²) < 4.78 is 1.06. The summed E-state index contributed by atoms with van der Waals surface area (Å²) >= 11 is 2.54. The number of halogens is 1. The smallest absolute Gasteiger partial charge is 0.0282 e. The number of benzene rings is 3. The summed E-state index contributed by atoms with van der Waals surface area (Å²) in [6, 6.07) is 30.6. The van der Waals surface area contributed by atoms with E-state index in [-0.39, 0.29) is 5.41 Å². The van der Waals surface area contributed by atoms with E-state index in [1.807, 2.05) is 0 Å². The van der Waals surface area contributed by atoms with Crippen LogP contribution < -0.4 is 0 Å². The summed E-state index contributed by atoms with van der Waals surface area (Å²) in [5, 5.41) is 0. The molecule has 1 aliphatic carbocycles. The van der Waals surface area contributed by atoms with Crippen LogP contribution >= 0.6 is 22.6 Å². The zero-order valence-corrected chi connectivity index (χ0v) is 15.8. The Labute approximate surface area is 157 Å². The molecule has 4 rings (SSSR count). The molecule has 118 valence electrons. The summed E-state index contributed by atoms with van der Waals surface area (Å²) in [7, 11) is 0. The van der Waals surface area contributed by atoms with Crippen LogP contribution in [0, 0.1) is 0 Å². The van der Waals surface area contributed by atoms with Gasteiger partial charge in [0.2, 0.25) is 0 Å². The van der Waals surface area contributed by atoms with E-state index in [0.29, 0.717) is 0 Å². The molecule has 0 amide bonds. The second-order valence-corrected chi connectivity index (χ2v) is 7.26. The Hall–Kier alpha value is -1.87. The maximum absolute atomic E-state index is 2.54. The van der Waals surface area contributed by atoms with Crippen molar-refractivity contribution in [2.75, 3.05) is 4.43 Å². The quantitative estimate of drug-likeness (QED) is 0.341. The molecule has 0 aromatic heterocycles. The monoisotopic (exact) mass is 422 g/mol. The van der Waals surface area contributed by atoms with Gasteiger partial charge in [0, 0.05) is 9.84 Å². The molecular formula is C23H19I. The Bertz CT molecular complexity index is 894. The van der Waals surface area contributed by atoms with E-state index < -0.39 is 0 Å². The van der Waals surface area contributed by atoms with E-state index >= 15 is 0 Å². The second-order valence-electron chi connectivity index (χ2n) is 6.49. The summed E-state index contributed by atoms with van der Waals surface area (Å²) in [6.07, 6.45) is 0. The molecule has 3 aromatic carbocycles. The number of fused-ring (bicyclic) bond motifs is 1. The lowest BCUT2D eigenvalue weighted by Crippen LogP contribution is -2.23. The van der Waals surface area contributed by atoms with E-state index in [2.05, 4.69) is 114 Å². The first-order valence-electron chi connectivity index (χ1n) is 8.27. The Balaban J connectivity index is 2.10. The Morgan fingerprint density at radius 1 is 0.708 bits per heavy atom. The Morgan fingerprint density at radius 2 is 1.25 bits per heavy atom. The van der Waals surface area contributed by atoms with Gasteiger partial charge in [-0.05, 0) is 33.4 Å². The lowest BCUT2D eigenvalue weighted by Gasteiger charge is -2.28. The van der Waals surface area contributed by atoms with Crippen LogP contribution in [-0.2, 0) is 5.41 Å². The lowest BCUT2D eigenvalue weighted by atomic mass is 9.78. The molecule has 0 N–H and O–H groups in total. The highest BCUT2D eigenvalue weighted by Crippen LogP contribution is 2.53. The fraction of sp³-hybridized carbons (Fsp3) is 0.130. The maximum Gasteiger partial charge on any atom is 0.0282 e. The molecule has 0 saturated carbocycles. The van der Waals surface area contributed by atoms with E-state index in [1.165, 1.54) is 33.4 Å². The standard InChI is InChI=1S/C23H19I/c1-23(16-24)20-15-9-8-14-19(20)21(17-10-4-2-5-11-17)22(23)18-12-6-3-7-13-18/h2-15H,16H2,1H3. The first-order chi connectivity index (χ1) is 11.8. The van der Waals surface area contributed by atoms with Crippen molar-refractivity contribution in [3.8, 4) is 0 Å². The fourth-order valence-electron chi connectivity index (χ4n) is 3.84. The highest BCUT2D eigenvalue weighted by Gasteiger charge is 2.41. The van der Waals surface area contributed by atoms with Gasteiger partial charge in [-0.2, -0.15) is 0 Å². The number of hydrogen-bond acceptors (Lipinski definition) is 0. The summed E-state index contributed by atoms with van der Waals surface area (Å²) in [5.41, 5.74) is 8.31. The van der Waals surface area contributed by atoms with Crippen molar-refractivity contribution in [2.45, 2.75) is 12.3 Å². The van der Waals surface area contributed by atoms with Crippen LogP contribution in [0.4, 0.5) is 0 Å². The van der Waals surface area contributed by atoms with Crippen LogP contribution in [0.25, 0.3) is 11.1 Å².